The Hall–Kier alpha value is -1.31. The molecule has 0 heterocycles. The van der Waals surface area contributed by atoms with Crippen LogP contribution in [0.1, 0.15) is 31.1 Å². The smallest absolute Gasteiger partial charge is 0.493 e. The van der Waals surface area contributed by atoms with Gasteiger partial charge in [0.2, 0.25) is 0 Å². The van der Waals surface area contributed by atoms with Crippen molar-refractivity contribution in [3.63, 3.8) is 0 Å². The highest BCUT2D eigenvalue weighted by Gasteiger charge is 2.21. The number of carbonyl (C=O) groups excluding carboxylic acids is 2. The molecule has 0 unspecified atom stereocenters. The summed E-state index contributed by atoms with van der Waals surface area (Å²) in [6.45, 7) is 5.23. The molecule has 1 rings (SSSR count). The summed E-state index contributed by atoms with van der Waals surface area (Å²) in [5, 5.41) is 0. The summed E-state index contributed by atoms with van der Waals surface area (Å²) in [5.74, 6) is 0.544. The number of hydrogen-bond donors (Lipinski definition) is 0. The van der Waals surface area contributed by atoms with Crippen molar-refractivity contribution in [2.75, 3.05) is 7.11 Å². The molecular formula is C13H15IO5. The first-order valence-corrected chi connectivity index (χ1v) is 6.58. The Morgan fingerprint density at radius 2 is 1.95 bits per heavy atom. The highest BCUT2D eigenvalue weighted by molar-refractivity contribution is 14.1. The first-order valence-electron chi connectivity index (χ1n) is 5.50. The molecule has 0 aliphatic heterocycles. The van der Waals surface area contributed by atoms with Crippen molar-refractivity contribution >= 4 is 35.0 Å². The number of rotatable bonds is 3. The van der Waals surface area contributed by atoms with E-state index in [9.17, 15) is 9.59 Å². The first-order chi connectivity index (χ1) is 8.76. The molecule has 0 radical (unpaired) electrons. The molecule has 19 heavy (non-hydrogen) atoms. The number of ether oxygens (including phenoxy) is 3. The van der Waals surface area contributed by atoms with Crippen molar-refractivity contribution in [3.05, 3.63) is 21.3 Å². The highest BCUT2D eigenvalue weighted by atomic mass is 127. The Kier molecular flexibility index (Phi) is 5.16. The van der Waals surface area contributed by atoms with E-state index in [-0.39, 0.29) is 5.75 Å². The molecule has 0 atom stereocenters. The molecule has 5 nitrogen and oxygen atoms in total. The van der Waals surface area contributed by atoms with E-state index in [2.05, 4.69) is 0 Å². The van der Waals surface area contributed by atoms with Crippen molar-refractivity contribution in [3.8, 4) is 11.5 Å². The van der Waals surface area contributed by atoms with E-state index >= 15 is 0 Å². The van der Waals surface area contributed by atoms with Crippen molar-refractivity contribution in [2.24, 2.45) is 0 Å². The Morgan fingerprint density at radius 3 is 2.42 bits per heavy atom. The summed E-state index contributed by atoms with van der Waals surface area (Å²) in [6.07, 6.45) is -0.121. The average Bonchev–Trinajstić information content (AvgIpc) is 2.29. The maximum absolute atomic E-state index is 11.6. The molecule has 0 saturated carbocycles. The molecular weight excluding hydrogens is 363 g/mol. The predicted octanol–water partition coefficient (Wildman–Crippen LogP) is 3.43. The Labute approximate surface area is 125 Å². The number of benzene rings is 1. The molecule has 0 bridgehead atoms. The fourth-order valence-electron chi connectivity index (χ4n) is 1.26. The van der Waals surface area contributed by atoms with Gasteiger partial charge < -0.3 is 14.2 Å². The van der Waals surface area contributed by atoms with Gasteiger partial charge in [0.1, 0.15) is 11.9 Å². The summed E-state index contributed by atoms with van der Waals surface area (Å²) >= 11 is 1.96. The van der Waals surface area contributed by atoms with E-state index in [0.29, 0.717) is 21.2 Å². The van der Waals surface area contributed by atoms with Crippen molar-refractivity contribution in [1.82, 2.24) is 0 Å². The van der Waals surface area contributed by atoms with Crippen molar-refractivity contribution < 1.29 is 23.8 Å². The minimum absolute atomic E-state index is 0.239. The topological polar surface area (TPSA) is 61.8 Å². The van der Waals surface area contributed by atoms with Crippen LogP contribution in [0.4, 0.5) is 4.79 Å². The van der Waals surface area contributed by atoms with Crippen LogP contribution in [0.5, 0.6) is 11.5 Å². The minimum atomic E-state index is -0.817. The van der Waals surface area contributed by atoms with Crippen LogP contribution in [-0.2, 0) is 4.74 Å². The van der Waals surface area contributed by atoms with Gasteiger partial charge in [-0.05, 0) is 55.5 Å². The lowest BCUT2D eigenvalue weighted by Gasteiger charge is -2.19. The lowest BCUT2D eigenvalue weighted by atomic mass is 10.2. The summed E-state index contributed by atoms with van der Waals surface area (Å²) < 4.78 is 15.9. The molecule has 0 aliphatic rings. The fourth-order valence-corrected chi connectivity index (χ4v) is 2.00. The van der Waals surface area contributed by atoms with Gasteiger partial charge in [0.25, 0.3) is 0 Å². The number of hydrogen-bond acceptors (Lipinski definition) is 5. The Bertz CT molecular complexity index is 491. The zero-order chi connectivity index (χ0) is 14.6. The summed E-state index contributed by atoms with van der Waals surface area (Å²) in [4.78, 5) is 22.4. The number of carbonyl (C=O) groups is 2. The van der Waals surface area contributed by atoms with Gasteiger partial charge in [-0.3, -0.25) is 4.79 Å². The van der Waals surface area contributed by atoms with Crippen molar-refractivity contribution in [1.29, 1.82) is 0 Å². The van der Waals surface area contributed by atoms with Crippen LogP contribution in [0.15, 0.2) is 12.1 Å². The first kappa shape index (κ1) is 15.7. The summed E-state index contributed by atoms with van der Waals surface area (Å²) in [6, 6.07) is 3.09. The quantitative estimate of drug-likeness (QED) is 0.349. The highest BCUT2D eigenvalue weighted by Crippen LogP contribution is 2.34. The lowest BCUT2D eigenvalue weighted by molar-refractivity contribution is 0.0199. The monoisotopic (exact) mass is 378 g/mol. The van der Waals surface area contributed by atoms with E-state index < -0.39 is 11.8 Å². The molecule has 6 heteroatoms. The number of halogens is 1. The van der Waals surface area contributed by atoms with Gasteiger partial charge in [-0.2, -0.15) is 0 Å². The van der Waals surface area contributed by atoms with Gasteiger partial charge in [-0.15, -0.1) is 0 Å². The Morgan fingerprint density at radius 1 is 1.32 bits per heavy atom. The number of methoxy groups -OCH3 is 1. The van der Waals surface area contributed by atoms with E-state index in [1.54, 1.807) is 26.8 Å². The molecule has 1 aromatic carbocycles. The van der Waals surface area contributed by atoms with Crippen LogP contribution in [0, 0.1) is 3.57 Å². The third-order valence-corrected chi connectivity index (χ3v) is 2.76. The molecule has 1 aromatic rings. The van der Waals surface area contributed by atoms with E-state index in [4.69, 9.17) is 14.2 Å². The minimum Gasteiger partial charge on any atom is -0.493 e. The third kappa shape index (κ3) is 4.70. The predicted molar refractivity (Wildman–Crippen MR) is 78.0 cm³/mol. The van der Waals surface area contributed by atoms with Gasteiger partial charge in [0, 0.05) is 5.56 Å². The van der Waals surface area contributed by atoms with E-state index in [0.717, 1.165) is 0 Å². The SMILES string of the molecule is COc1cc(C=O)cc(I)c1OC(=O)OC(C)(C)C. The molecule has 0 amide bonds. The summed E-state index contributed by atoms with van der Waals surface area (Å²) in [5.41, 5.74) is -0.198. The van der Waals surface area contributed by atoms with E-state index in [1.165, 1.54) is 13.2 Å². The Balaban J connectivity index is 3.00. The molecule has 0 saturated heterocycles. The van der Waals surface area contributed by atoms with Gasteiger partial charge >= 0.3 is 6.16 Å². The van der Waals surface area contributed by atoms with Gasteiger partial charge in [0.05, 0.1) is 10.7 Å². The second kappa shape index (κ2) is 6.23. The van der Waals surface area contributed by atoms with E-state index in [1.807, 2.05) is 22.6 Å². The van der Waals surface area contributed by atoms with Crippen LogP contribution in [0.3, 0.4) is 0 Å². The van der Waals surface area contributed by atoms with Gasteiger partial charge in [-0.1, -0.05) is 0 Å². The zero-order valence-corrected chi connectivity index (χ0v) is 13.3. The van der Waals surface area contributed by atoms with Crippen molar-refractivity contribution in [2.45, 2.75) is 26.4 Å². The lowest BCUT2D eigenvalue weighted by Crippen LogP contribution is -2.26. The van der Waals surface area contributed by atoms with Crippen LogP contribution >= 0.6 is 22.6 Å². The van der Waals surface area contributed by atoms with Crippen LogP contribution in [0.25, 0.3) is 0 Å². The third-order valence-electron chi connectivity index (χ3n) is 1.96. The zero-order valence-electron chi connectivity index (χ0n) is 11.2. The normalized spacial score (nSPS) is 10.8. The molecule has 0 fully saturated rings. The molecule has 0 aliphatic carbocycles. The maximum atomic E-state index is 11.6. The summed E-state index contributed by atoms with van der Waals surface area (Å²) in [7, 11) is 1.43. The second-order valence-corrected chi connectivity index (χ2v) is 5.88. The van der Waals surface area contributed by atoms with Crippen LogP contribution in [-0.4, -0.2) is 25.2 Å². The molecule has 104 valence electrons. The second-order valence-electron chi connectivity index (χ2n) is 4.72. The van der Waals surface area contributed by atoms with Crippen LogP contribution in [0.2, 0.25) is 0 Å². The molecule has 0 N–H and O–H groups in total. The maximum Gasteiger partial charge on any atom is 0.514 e. The standard InChI is InChI=1S/C13H15IO5/c1-13(2,3)19-12(16)18-11-9(14)5-8(7-15)6-10(11)17-4/h5-7H,1-4H3. The van der Waals surface area contributed by atoms with Gasteiger partial charge in [0.15, 0.2) is 11.5 Å². The molecule has 0 spiro atoms. The largest absolute Gasteiger partial charge is 0.514 e. The fraction of sp³-hybridized carbons (Fsp3) is 0.385. The average molecular weight is 378 g/mol. The van der Waals surface area contributed by atoms with Crippen LogP contribution < -0.4 is 9.47 Å². The number of aldehydes is 1. The van der Waals surface area contributed by atoms with Gasteiger partial charge in [-0.25, -0.2) is 4.79 Å². The molecule has 0 aromatic heterocycles.